The normalized spacial score (nSPS) is 16.7. The number of halogens is 3. The first-order valence-electron chi connectivity index (χ1n) is 9.69. The number of benzene rings is 2. The summed E-state index contributed by atoms with van der Waals surface area (Å²) >= 11 is 12.4. The standard InChI is InChI=1S/C22H17Cl2FN4O2/c23-15-8-12(25)9-16(24)20(15)29-21-13-3-4-27-22(30)19(13)14-7-11(1-2-17(14)28-21)18-10-31-6-5-26-18/h1-4,7-9,18,26H,5-6,10H2,(H,27,30)(H,28,29). The summed E-state index contributed by atoms with van der Waals surface area (Å²) in [6.45, 7) is 2.01. The topological polar surface area (TPSA) is 79.0 Å². The van der Waals surface area contributed by atoms with E-state index < -0.39 is 5.82 Å². The third-order valence-electron chi connectivity index (χ3n) is 5.31. The molecule has 31 heavy (non-hydrogen) atoms. The monoisotopic (exact) mass is 458 g/mol. The maximum absolute atomic E-state index is 13.6. The average Bonchev–Trinajstić information content (AvgIpc) is 2.76. The van der Waals surface area contributed by atoms with Crippen LogP contribution < -0.4 is 16.2 Å². The molecule has 4 aromatic rings. The summed E-state index contributed by atoms with van der Waals surface area (Å²) in [5.41, 5.74) is 1.72. The van der Waals surface area contributed by atoms with Crippen LogP contribution in [-0.2, 0) is 4.74 Å². The summed E-state index contributed by atoms with van der Waals surface area (Å²) in [7, 11) is 0. The number of rotatable bonds is 3. The van der Waals surface area contributed by atoms with Crippen LogP contribution in [-0.4, -0.2) is 29.7 Å². The maximum Gasteiger partial charge on any atom is 0.256 e. The molecule has 1 fully saturated rings. The minimum Gasteiger partial charge on any atom is -0.378 e. The number of hydrogen-bond donors (Lipinski definition) is 3. The van der Waals surface area contributed by atoms with Gasteiger partial charge < -0.3 is 20.4 Å². The fourth-order valence-corrected chi connectivity index (χ4v) is 4.40. The summed E-state index contributed by atoms with van der Waals surface area (Å²) in [6, 6.07) is 9.93. The summed E-state index contributed by atoms with van der Waals surface area (Å²) < 4.78 is 19.1. The van der Waals surface area contributed by atoms with E-state index in [9.17, 15) is 9.18 Å². The number of anilines is 2. The molecule has 1 unspecified atom stereocenters. The molecule has 0 bridgehead atoms. The molecular formula is C22H17Cl2FN4O2. The molecule has 3 N–H and O–H groups in total. The van der Waals surface area contributed by atoms with Gasteiger partial charge >= 0.3 is 0 Å². The van der Waals surface area contributed by atoms with Gasteiger partial charge in [0.1, 0.15) is 11.6 Å². The van der Waals surface area contributed by atoms with Crippen molar-refractivity contribution in [2.45, 2.75) is 6.04 Å². The van der Waals surface area contributed by atoms with Crippen molar-refractivity contribution in [3.05, 3.63) is 74.4 Å². The second kappa shape index (κ2) is 8.09. The number of H-pyrrole nitrogens is 1. The van der Waals surface area contributed by atoms with Crippen LogP contribution in [0.2, 0.25) is 10.0 Å². The van der Waals surface area contributed by atoms with Gasteiger partial charge in [0.15, 0.2) is 0 Å². The molecule has 0 amide bonds. The van der Waals surface area contributed by atoms with E-state index in [2.05, 4.69) is 15.6 Å². The minimum atomic E-state index is -0.541. The number of pyridine rings is 2. The Kier molecular flexibility index (Phi) is 5.27. The molecule has 0 aliphatic carbocycles. The fourth-order valence-electron chi connectivity index (χ4n) is 3.85. The maximum atomic E-state index is 13.6. The van der Waals surface area contributed by atoms with Gasteiger partial charge in [-0.2, -0.15) is 0 Å². The predicted octanol–water partition coefficient (Wildman–Crippen LogP) is 4.93. The van der Waals surface area contributed by atoms with Crippen molar-refractivity contribution in [3.8, 4) is 0 Å². The van der Waals surface area contributed by atoms with Crippen molar-refractivity contribution in [2.75, 3.05) is 25.1 Å². The lowest BCUT2D eigenvalue weighted by Crippen LogP contribution is -2.34. The summed E-state index contributed by atoms with van der Waals surface area (Å²) in [6.07, 6.45) is 1.55. The quantitative estimate of drug-likeness (QED) is 0.379. The first-order valence-corrected chi connectivity index (χ1v) is 10.4. The zero-order valence-corrected chi connectivity index (χ0v) is 17.6. The van der Waals surface area contributed by atoms with E-state index in [0.29, 0.717) is 41.0 Å². The first kappa shape index (κ1) is 20.2. The van der Waals surface area contributed by atoms with Gasteiger partial charge in [-0.25, -0.2) is 9.37 Å². The Hall–Kier alpha value is -2.71. The molecular weight excluding hydrogens is 442 g/mol. The van der Waals surface area contributed by atoms with Gasteiger partial charge in [0.25, 0.3) is 5.56 Å². The van der Waals surface area contributed by atoms with Crippen LogP contribution in [0.15, 0.2) is 47.4 Å². The lowest BCUT2D eigenvalue weighted by molar-refractivity contribution is 0.0769. The highest BCUT2D eigenvalue weighted by molar-refractivity contribution is 6.39. The first-order chi connectivity index (χ1) is 15.0. The van der Waals surface area contributed by atoms with Gasteiger partial charge in [-0.05, 0) is 35.9 Å². The number of aromatic nitrogens is 2. The Labute approximate surface area is 186 Å². The zero-order chi connectivity index (χ0) is 21.5. The molecule has 2 aromatic heterocycles. The molecule has 6 nitrogen and oxygen atoms in total. The number of ether oxygens (including phenoxy) is 1. The smallest absolute Gasteiger partial charge is 0.256 e. The molecule has 1 aliphatic heterocycles. The van der Waals surface area contributed by atoms with Gasteiger partial charge in [-0.15, -0.1) is 0 Å². The number of aromatic amines is 1. The highest BCUT2D eigenvalue weighted by Crippen LogP contribution is 2.36. The van der Waals surface area contributed by atoms with Crippen LogP contribution in [0.1, 0.15) is 11.6 Å². The third kappa shape index (κ3) is 3.74. The van der Waals surface area contributed by atoms with Gasteiger partial charge in [0.2, 0.25) is 0 Å². The van der Waals surface area contributed by atoms with Gasteiger partial charge in [-0.3, -0.25) is 4.79 Å². The molecule has 2 aromatic carbocycles. The van der Waals surface area contributed by atoms with Crippen molar-refractivity contribution < 1.29 is 9.13 Å². The van der Waals surface area contributed by atoms with Crippen molar-refractivity contribution in [2.24, 2.45) is 0 Å². The zero-order valence-electron chi connectivity index (χ0n) is 16.1. The number of fused-ring (bicyclic) bond motifs is 3. The Morgan fingerprint density at radius 1 is 1.13 bits per heavy atom. The highest BCUT2D eigenvalue weighted by atomic mass is 35.5. The van der Waals surface area contributed by atoms with E-state index >= 15 is 0 Å². The molecule has 0 spiro atoms. The fraction of sp³-hybridized carbons (Fsp3) is 0.182. The second-order valence-electron chi connectivity index (χ2n) is 7.28. The van der Waals surface area contributed by atoms with Crippen molar-refractivity contribution in [3.63, 3.8) is 0 Å². The molecule has 158 valence electrons. The number of hydrogen-bond acceptors (Lipinski definition) is 5. The summed E-state index contributed by atoms with van der Waals surface area (Å²) in [5, 5.41) is 8.54. The van der Waals surface area contributed by atoms with Crippen molar-refractivity contribution in [1.82, 2.24) is 15.3 Å². The van der Waals surface area contributed by atoms with Crippen LogP contribution in [0.3, 0.4) is 0 Å². The molecule has 9 heteroatoms. The SMILES string of the molecule is O=c1[nH]ccc2c(Nc3c(Cl)cc(F)cc3Cl)nc3ccc(C4COCCN4)cc3c12. The number of nitrogens with one attached hydrogen (secondary N) is 3. The Morgan fingerprint density at radius 3 is 2.68 bits per heavy atom. The number of nitrogens with zero attached hydrogens (tertiary/aromatic N) is 1. The Morgan fingerprint density at radius 2 is 1.94 bits per heavy atom. The second-order valence-corrected chi connectivity index (χ2v) is 8.10. The average molecular weight is 459 g/mol. The van der Waals surface area contributed by atoms with Crippen molar-refractivity contribution in [1.29, 1.82) is 0 Å². The number of morpholine rings is 1. The van der Waals surface area contributed by atoms with E-state index in [0.717, 1.165) is 29.6 Å². The van der Waals surface area contributed by atoms with E-state index in [1.807, 2.05) is 18.2 Å². The predicted molar refractivity (Wildman–Crippen MR) is 121 cm³/mol. The largest absolute Gasteiger partial charge is 0.378 e. The third-order valence-corrected chi connectivity index (χ3v) is 5.91. The van der Waals surface area contributed by atoms with Crippen LogP contribution in [0, 0.1) is 5.82 Å². The van der Waals surface area contributed by atoms with Gasteiger partial charge in [-0.1, -0.05) is 29.3 Å². The Balaban J connectivity index is 1.70. The molecule has 1 saturated heterocycles. The van der Waals surface area contributed by atoms with Crippen LogP contribution in [0.4, 0.5) is 15.9 Å². The van der Waals surface area contributed by atoms with Gasteiger partial charge in [0, 0.05) is 23.5 Å². The molecule has 1 atom stereocenters. The molecule has 0 saturated carbocycles. The molecule has 3 heterocycles. The van der Waals surface area contributed by atoms with Crippen LogP contribution in [0.5, 0.6) is 0 Å². The van der Waals surface area contributed by atoms with Gasteiger partial charge in [0.05, 0.1) is 45.9 Å². The van der Waals surface area contributed by atoms with Crippen LogP contribution >= 0.6 is 23.2 Å². The summed E-state index contributed by atoms with van der Waals surface area (Å²) in [5.74, 6) is -0.142. The lowest BCUT2D eigenvalue weighted by Gasteiger charge is -2.24. The molecule has 0 radical (unpaired) electrons. The van der Waals surface area contributed by atoms with Crippen LogP contribution in [0.25, 0.3) is 21.7 Å². The molecule has 1 aliphatic rings. The Bertz CT molecular complexity index is 1350. The van der Waals surface area contributed by atoms with Crippen molar-refractivity contribution >= 4 is 56.4 Å². The summed E-state index contributed by atoms with van der Waals surface area (Å²) in [4.78, 5) is 20.2. The van der Waals surface area contributed by atoms with E-state index in [-0.39, 0.29) is 21.6 Å². The lowest BCUT2D eigenvalue weighted by atomic mass is 10.0. The molecule has 5 rings (SSSR count). The van der Waals surface area contributed by atoms with E-state index in [1.165, 1.54) is 0 Å². The minimum absolute atomic E-state index is 0.0469. The van der Waals surface area contributed by atoms with E-state index in [1.54, 1.807) is 12.3 Å². The van der Waals surface area contributed by atoms with E-state index in [4.69, 9.17) is 32.9 Å². The highest BCUT2D eigenvalue weighted by Gasteiger charge is 2.19.